The first-order chi connectivity index (χ1) is 12.6. The Labute approximate surface area is 153 Å². The van der Waals surface area contributed by atoms with Gasteiger partial charge in [0.1, 0.15) is 5.76 Å². The van der Waals surface area contributed by atoms with Gasteiger partial charge in [-0.1, -0.05) is 0 Å². The Balaban J connectivity index is 1.43. The minimum Gasteiger partial charge on any atom is -0.455 e. The van der Waals surface area contributed by atoms with Gasteiger partial charge in [-0.25, -0.2) is 0 Å². The lowest BCUT2D eigenvalue weighted by molar-refractivity contribution is 0.0232. The van der Waals surface area contributed by atoms with Gasteiger partial charge in [0, 0.05) is 18.8 Å². The number of rotatable bonds is 6. The van der Waals surface area contributed by atoms with Crippen LogP contribution in [0, 0.1) is 5.92 Å². The van der Waals surface area contributed by atoms with Gasteiger partial charge < -0.3 is 14.8 Å². The molecule has 1 atom stereocenters. The fourth-order valence-electron chi connectivity index (χ4n) is 3.93. The highest BCUT2D eigenvalue weighted by atomic mass is 16.4. The molecule has 1 amide bonds. The Morgan fingerprint density at radius 1 is 1.38 bits per heavy atom. The normalized spacial score (nSPS) is 24.4. The summed E-state index contributed by atoms with van der Waals surface area (Å²) < 4.78 is 7.50. The van der Waals surface area contributed by atoms with E-state index in [1.165, 1.54) is 12.8 Å². The third kappa shape index (κ3) is 3.68. The number of aryl methyl sites for hydroxylation is 1. The van der Waals surface area contributed by atoms with E-state index in [1.54, 1.807) is 16.9 Å². The largest absolute Gasteiger partial charge is 0.455 e. The number of aromatic nitrogens is 2. The van der Waals surface area contributed by atoms with Crippen LogP contribution >= 0.6 is 0 Å². The molecule has 0 unspecified atom stereocenters. The summed E-state index contributed by atoms with van der Waals surface area (Å²) in [5.74, 6) is 1.17. The third-order valence-electron chi connectivity index (χ3n) is 5.46. The van der Waals surface area contributed by atoms with E-state index < -0.39 is 0 Å². The molecule has 140 valence electrons. The Hall–Kier alpha value is -2.12. The van der Waals surface area contributed by atoms with Crippen LogP contribution in [0.15, 0.2) is 28.9 Å². The Kier molecular flexibility index (Phi) is 4.82. The quantitative estimate of drug-likeness (QED) is 0.823. The molecule has 0 radical (unpaired) electrons. The lowest BCUT2D eigenvalue weighted by atomic mass is 9.75. The van der Waals surface area contributed by atoms with Gasteiger partial charge in [-0.3, -0.25) is 14.4 Å². The molecule has 26 heavy (non-hydrogen) atoms. The van der Waals surface area contributed by atoms with E-state index >= 15 is 0 Å². The number of carbonyl (C=O) groups is 1. The number of nitrogens with one attached hydrogen (secondary N) is 1. The Morgan fingerprint density at radius 3 is 2.81 bits per heavy atom. The maximum absolute atomic E-state index is 12.7. The summed E-state index contributed by atoms with van der Waals surface area (Å²) in [6.07, 6.45) is 7.26. The number of hydrogen-bond acceptors (Lipinski definition) is 5. The molecule has 1 aliphatic heterocycles. The number of nitrogens with zero attached hydrogens (tertiary/aromatic N) is 3. The molecule has 7 heteroatoms. The van der Waals surface area contributed by atoms with Gasteiger partial charge in [0.05, 0.1) is 24.9 Å². The molecule has 0 spiro atoms. The summed E-state index contributed by atoms with van der Waals surface area (Å²) in [6.45, 7) is 2.94. The molecule has 1 saturated carbocycles. The molecule has 2 N–H and O–H groups in total. The highest BCUT2D eigenvalue weighted by molar-refractivity contribution is 5.91. The van der Waals surface area contributed by atoms with Crippen LogP contribution in [0.5, 0.6) is 0 Å². The molecule has 2 aliphatic rings. The topological polar surface area (TPSA) is 83.5 Å². The number of hydrogen-bond donors (Lipinski definition) is 2. The van der Waals surface area contributed by atoms with E-state index in [2.05, 4.69) is 15.3 Å². The molecule has 0 aromatic carbocycles. The van der Waals surface area contributed by atoms with Gasteiger partial charge in [-0.15, -0.1) is 0 Å². The second kappa shape index (κ2) is 7.25. The summed E-state index contributed by atoms with van der Waals surface area (Å²) in [6, 6.07) is 3.47. The molecular weight excluding hydrogens is 332 g/mol. The highest BCUT2D eigenvalue weighted by Gasteiger charge is 2.36. The van der Waals surface area contributed by atoms with Gasteiger partial charge in [0.2, 0.25) is 0 Å². The van der Waals surface area contributed by atoms with Crippen molar-refractivity contribution in [3.8, 4) is 0 Å². The number of carbonyl (C=O) groups excluding carboxylic acids is 1. The molecular formula is C19H26N4O3. The first kappa shape index (κ1) is 17.3. The summed E-state index contributed by atoms with van der Waals surface area (Å²) in [4.78, 5) is 15.0. The van der Waals surface area contributed by atoms with E-state index in [4.69, 9.17) is 4.42 Å². The fourth-order valence-corrected chi connectivity index (χ4v) is 3.93. The molecule has 7 nitrogen and oxygen atoms in total. The Morgan fingerprint density at radius 2 is 2.15 bits per heavy atom. The van der Waals surface area contributed by atoms with Crippen molar-refractivity contribution in [3.05, 3.63) is 41.6 Å². The van der Waals surface area contributed by atoms with Crippen molar-refractivity contribution < 1.29 is 14.3 Å². The smallest absolute Gasteiger partial charge is 0.287 e. The van der Waals surface area contributed by atoms with Crippen LogP contribution in [-0.4, -0.2) is 44.9 Å². The third-order valence-corrected chi connectivity index (χ3v) is 5.46. The van der Waals surface area contributed by atoms with Gasteiger partial charge in [0.25, 0.3) is 5.91 Å². The lowest BCUT2D eigenvalue weighted by Crippen LogP contribution is -2.41. The average Bonchev–Trinajstić information content (AvgIpc) is 3.32. The van der Waals surface area contributed by atoms with Crippen molar-refractivity contribution in [3.63, 3.8) is 0 Å². The first-order valence-electron chi connectivity index (χ1n) is 9.37. The molecule has 4 rings (SSSR count). The average molecular weight is 358 g/mol. The zero-order chi connectivity index (χ0) is 18.1. The van der Waals surface area contributed by atoms with E-state index in [9.17, 15) is 9.90 Å². The van der Waals surface area contributed by atoms with Crippen molar-refractivity contribution in [1.29, 1.82) is 0 Å². The fraction of sp³-hybridized carbons (Fsp3) is 0.579. The zero-order valence-electron chi connectivity index (χ0n) is 15.1. The number of amides is 1. The predicted octanol–water partition coefficient (Wildman–Crippen LogP) is 1.85. The highest BCUT2D eigenvalue weighted by Crippen LogP contribution is 2.38. The minimum atomic E-state index is -0.272. The molecule has 2 fully saturated rings. The van der Waals surface area contributed by atoms with Crippen LogP contribution in [0.4, 0.5) is 0 Å². The van der Waals surface area contributed by atoms with Crippen LogP contribution in [0.1, 0.15) is 53.6 Å². The zero-order valence-corrected chi connectivity index (χ0v) is 15.1. The van der Waals surface area contributed by atoms with Gasteiger partial charge in [-0.05, 0) is 56.8 Å². The van der Waals surface area contributed by atoms with E-state index in [0.29, 0.717) is 18.6 Å². The van der Waals surface area contributed by atoms with Crippen LogP contribution in [0.25, 0.3) is 0 Å². The molecule has 0 bridgehead atoms. The molecule has 1 aliphatic carbocycles. The molecule has 3 heterocycles. The lowest BCUT2D eigenvalue weighted by Gasteiger charge is -2.37. The second-order valence-electron chi connectivity index (χ2n) is 7.53. The van der Waals surface area contributed by atoms with Crippen molar-refractivity contribution >= 4 is 5.91 Å². The molecule has 2 aromatic rings. The maximum Gasteiger partial charge on any atom is 0.287 e. The summed E-state index contributed by atoms with van der Waals surface area (Å²) in [5, 5.41) is 16.9. The predicted molar refractivity (Wildman–Crippen MR) is 95.4 cm³/mol. The van der Waals surface area contributed by atoms with Crippen LogP contribution < -0.4 is 5.32 Å². The van der Waals surface area contributed by atoms with Crippen LogP contribution in [0.3, 0.4) is 0 Å². The maximum atomic E-state index is 12.7. The number of aliphatic hydroxyl groups is 1. The van der Waals surface area contributed by atoms with Gasteiger partial charge >= 0.3 is 0 Å². The van der Waals surface area contributed by atoms with Crippen molar-refractivity contribution in [2.24, 2.45) is 13.0 Å². The second-order valence-corrected chi connectivity index (χ2v) is 7.53. The van der Waals surface area contributed by atoms with Crippen molar-refractivity contribution in [2.75, 3.05) is 13.1 Å². The first-order valence-corrected chi connectivity index (χ1v) is 9.37. The van der Waals surface area contributed by atoms with Crippen LogP contribution in [0.2, 0.25) is 0 Å². The van der Waals surface area contributed by atoms with Crippen molar-refractivity contribution in [1.82, 2.24) is 20.0 Å². The summed E-state index contributed by atoms with van der Waals surface area (Å²) in [5.41, 5.74) is 0.960. The molecule has 2 aromatic heterocycles. The van der Waals surface area contributed by atoms with E-state index in [0.717, 1.165) is 31.0 Å². The Bertz CT molecular complexity index is 756. The SMILES string of the molecule is Cn1cc([C@H](NC(=O)c2ccc(CN3CCCC3)o2)C2CC(O)C2)cn1. The molecule has 1 saturated heterocycles. The summed E-state index contributed by atoms with van der Waals surface area (Å²) >= 11 is 0. The monoisotopic (exact) mass is 358 g/mol. The van der Waals surface area contributed by atoms with E-state index in [-0.39, 0.29) is 24.0 Å². The summed E-state index contributed by atoms with van der Waals surface area (Å²) in [7, 11) is 1.86. The van der Waals surface area contributed by atoms with Gasteiger partial charge in [0.15, 0.2) is 5.76 Å². The van der Waals surface area contributed by atoms with Gasteiger partial charge in [-0.2, -0.15) is 5.10 Å². The van der Waals surface area contributed by atoms with E-state index in [1.807, 2.05) is 19.3 Å². The number of likely N-dealkylation sites (tertiary alicyclic amines) is 1. The number of furan rings is 1. The minimum absolute atomic E-state index is 0.160. The van der Waals surface area contributed by atoms with Crippen LogP contribution in [-0.2, 0) is 13.6 Å². The number of aliphatic hydroxyl groups excluding tert-OH is 1. The van der Waals surface area contributed by atoms with Crippen molar-refractivity contribution in [2.45, 2.75) is 44.4 Å². The standard InChI is InChI=1S/C19H26N4O3/c1-22-11-14(10-20-22)18(13-8-15(24)9-13)21-19(25)17-5-4-16(26-17)12-23-6-2-3-7-23/h4-5,10-11,13,15,18,24H,2-3,6-9,12H2,1H3,(H,21,25)/t13?,15?,18-/m1/s1.